The van der Waals surface area contributed by atoms with Crippen molar-refractivity contribution in [2.45, 2.75) is 32.3 Å². The van der Waals surface area contributed by atoms with Gasteiger partial charge in [-0.05, 0) is 42.9 Å². The highest BCUT2D eigenvalue weighted by Crippen LogP contribution is 2.28. The van der Waals surface area contributed by atoms with Crippen molar-refractivity contribution in [3.8, 4) is 0 Å². The molecule has 0 aliphatic heterocycles. The summed E-state index contributed by atoms with van der Waals surface area (Å²) < 4.78 is 5.45. The molecule has 0 heterocycles. The van der Waals surface area contributed by atoms with Crippen molar-refractivity contribution in [3.05, 3.63) is 29.8 Å². The first-order valence-electron chi connectivity index (χ1n) is 6.86. The van der Waals surface area contributed by atoms with Crippen LogP contribution in [-0.2, 0) is 11.2 Å². The fraction of sp³-hybridized carbons (Fsp3) is 0.600. The lowest BCUT2D eigenvalue weighted by atomic mass is 10.1. The van der Waals surface area contributed by atoms with E-state index in [0.717, 1.165) is 24.6 Å². The first kappa shape index (κ1) is 13.4. The van der Waals surface area contributed by atoms with Gasteiger partial charge in [-0.2, -0.15) is 0 Å². The van der Waals surface area contributed by atoms with Crippen LogP contribution in [0.3, 0.4) is 0 Å². The highest BCUT2D eigenvalue weighted by molar-refractivity contribution is 5.44. The zero-order chi connectivity index (χ0) is 12.8. The highest BCUT2D eigenvalue weighted by atomic mass is 16.5. The zero-order valence-electron chi connectivity index (χ0n) is 11.1. The Morgan fingerprint density at radius 3 is 2.67 bits per heavy atom. The van der Waals surface area contributed by atoms with E-state index in [1.165, 1.54) is 18.4 Å². The number of hydrogen-bond acceptors (Lipinski definition) is 3. The van der Waals surface area contributed by atoms with Gasteiger partial charge in [0.2, 0.25) is 0 Å². The van der Waals surface area contributed by atoms with Crippen molar-refractivity contribution in [2.75, 3.05) is 25.1 Å². The highest BCUT2D eigenvalue weighted by Gasteiger charge is 2.21. The van der Waals surface area contributed by atoms with Crippen LogP contribution in [0.15, 0.2) is 24.3 Å². The summed E-state index contributed by atoms with van der Waals surface area (Å²) in [4.78, 5) is 0. The van der Waals surface area contributed by atoms with Crippen molar-refractivity contribution < 1.29 is 9.84 Å². The first-order valence-corrected chi connectivity index (χ1v) is 6.86. The molecule has 1 fully saturated rings. The molecule has 1 atom stereocenters. The SMILES string of the molecule is CCc1ccc(NCC(O)COCC2CC2)cc1. The molecule has 0 saturated heterocycles. The molecule has 2 rings (SSSR count). The molecule has 2 N–H and O–H groups in total. The van der Waals surface area contributed by atoms with Crippen LogP contribution in [0.1, 0.15) is 25.3 Å². The smallest absolute Gasteiger partial charge is 0.0945 e. The maximum atomic E-state index is 9.76. The molecule has 1 aliphatic rings. The third-order valence-electron chi connectivity index (χ3n) is 3.26. The predicted molar refractivity (Wildman–Crippen MR) is 73.9 cm³/mol. The topological polar surface area (TPSA) is 41.5 Å². The summed E-state index contributed by atoms with van der Waals surface area (Å²) >= 11 is 0. The lowest BCUT2D eigenvalue weighted by Crippen LogP contribution is -2.25. The predicted octanol–water partition coefficient (Wildman–Crippen LogP) is 2.45. The Labute approximate surface area is 109 Å². The monoisotopic (exact) mass is 249 g/mol. The minimum absolute atomic E-state index is 0.427. The summed E-state index contributed by atoms with van der Waals surface area (Å²) in [5.74, 6) is 0.756. The van der Waals surface area contributed by atoms with Crippen LogP contribution < -0.4 is 5.32 Å². The standard InChI is InChI=1S/C15H23NO2/c1-2-12-5-7-14(8-6-12)16-9-15(17)11-18-10-13-3-4-13/h5-8,13,15-17H,2-4,9-11H2,1H3. The minimum atomic E-state index is -0.436. The number of anilines is 1. The second-order valence-corrected chi connectivity index (χ2v) is 5.07. The summed E-state index contributed by atoms with van der Waals surface area (Å²) in [6.45, 7) is 3.92. The number of nitrogens with one attached hydrogen (secondary N) is 1. The van der Waals surface area contributed by atoms with Crippen LogP contribution in [0.25, 0.3) is 0 Å². The molecule has 1 aliphatic carbocycles. The van der Waals surface area contributed by atoms with Crippen LogP contribution in [0, 0.1) is 5.92 Å². The fourth-order valence-electron chi connectivity index (χ4n) is 1.81. The molecule has 0 aromatic heterocycles. The van der Waals surface area contributed by atoms with Crippen molar-refractivity contribution in [1.82, 2.24) is 0 Å². The lowest BCUT2D eigenvalue weighted by Gasteiger charge is -2.13. The Hall–Kier alpha value is -1.06. The van der Waals surface area contributed by atoms with Crippen LogP contribution >= 0.6 is 0 Å². The van der Waals surface area contributed by atoms with Crippen molar-refractivity contribution in [3.63, 3.8) is 0 Å². The van der Waals surface area contributed by atoms with Gasteiger partial charge in [-0.3, -0.25) is 0 Å². The van der Waals surface area contributed by atoms with E-state index in [0.29, 0.717) is 13.2 Å². The number of benzene rings is 1. The van der Waals surface area contributed by atoms with E-state index in [1.54, 1.807) is 0 Å². The zero-order valence-corrected chi connectivity index (χ0v) is 11.1. The van der Waals surface area contributed by atoms with Crippen LogP contribution in [0.2, 0.25) is 0 Å². The van der Waals surface area contributed by atoms with E-state index in [1.807, 2.05) is 0 Å². The molecular weight excluding hydrogens is 226 g/mol. The van der Waals surface area contributed by atoms with Crippen molar-refractivity contribution >= 4 is 5.69 Å². The van der Waals surface area contributed by atoms with Gasteiger partial charge in [0.15, 0.2) is 0 Å². The van der Waals surface area contributed by atoms with Gasteiger partial charge in [0.25, 0.3) is 0 Å². The number of aryl methyl sites for hydroxylation is 1. The summed E-state index contributed by atoms with van der Waals surface area (Å²) in [7, 11) is 0. The lowest BCUT2D eigenvalue weighted by molar-refractivity contribution is 0.0386. The Balaban J connectivity index is 1.62. The molecule has 18 heavy (non-hydrogen) atoms. The van der Waals surface area contributed by atoms with Crippen LogP contribution in [0.4, 0.5) is 5.69 Å². The van der Waals surface area contributed by atoms with E-state index in [-0.39, 0.29) is 0 Å². The first-order chi connectivity index (χ1) is 8.78. The van der Waals surface area contributed by atoms with Gasteiger partial charge in [-0.15, -0.1) is 0 Å². The fourth-order valence-corrected chi connectivity index (χ4v) is 1.81. The molecule has 0 amide bonds. The summed E-state index contributed by atoms with van der Waals surface area (Å²) in [6.07, 6.45) is 3.20. The maximum absolute atomic E-state index is 9.76. The van der Waals surface area contributed by atoms with Gasteiger partial charge >= 0.3 is 0 Å². The number of hydrogen-bond donors (Lipinski definition) is 2. The molecule has 3 heteroatoms. The average molecular weight is 249 g/mol. The summed E-state index contributed by atoms with van der Waals surface area (Å²) in [5, 5.41) is 13.0. The summed E-state index contributed by atoms with van der Waals surface area (Å²) in [5.41, 5.74) is 2.38. The Bertz CT molecular complexity index is 346. The summed E-state index contributed by atoms with van der Waals surface area (Å²) in [6, 6.07) is 8.32. The van der Waals surface area contributed by atoms with Crippen LogP contribution in [-0.4, -0.2) is 31.0 Å². The molecular formula is C15H23NO2. The third-order valence-corrected chi connectivity index (χ3v) is 3.26. The van der Waals surface area contributed by atoms with Gasteiger partial charge in [0.05, 0.1) is 12.7 Å². The van der Waals surface area contributed by atoms with Gasteiger partial charge in [0.1, 0.15) is 0 Å². The minimum Gasteiger partial charge on any atom is -0.389 e. The number of rotatable bonds is 8. The molecule has 1 aromatic carbocycles. The van der Waals surface area contributed by atoms with Gasteiger partial charge in [-0.25, -0.2) is 0 Å². The van der Waals surface area contributed by atoms with E-state index in [2.05, 4.69) is 36.5 Å². The second kappa shape index (κ2) is 6.76. The van der Waals surface area contributed by atoms with Crippen molar-refractivity contribution in [2.24, 2.45) is 5.92 Å². The largest absolute Gasteiger partial charge is 0.389 e. The Kier molecular flexibility index (Phi) is 5.02. The van der Waals surface area contributed by atoms with E-state index in [4.69, 9.17) is 4.74 Å². The maximum Gasteiger partial charge on any atom is 0.0945 e. The van der Waals surface area contributed by atoms with Gasteiger partial charge < -0.3 is 15.2 Å². The molecule has 100 valence electrons. The van der Waals surface area contributed by atoms with E-state index in [9.17, 15) is 5.11 Å². The second-order valence-electron chi connectivity index (χ2n) is 5.07. The normalized spacial score (nSPS) is 16.6. The van der Waals surface area contributed by atoms with Crippen molar-refractivity contribution in [1.29, 1.82) is 0 Å². The molecule has 3 nitrogen and oxygen atoms in total. The Morgan fingerprint density at radius 2 is 2.06 bits per heavy atom. The Morgan fingerprint density at radius 1 is 1.33 bits per heavy atom. The van der Waals surface area contributed by atoms with Crippen LogP contribution in [0.5, 0.6) is 0 Å². The quantitative estimate of drug-likeness (QED) is 0.743. The van der Waals surface area contributed by atoms with E-state index >= 15 is 0 Å². The van der Waals surface area contributed by atoms with Gasteiger partial charge in [-0.1, -0.05) is 19.1 Å². The molecule has 1 unspecified atom stereocenters. The number of ether oxygens (including phenoxy) is 1. The molecule has 0 radical (unpaired) electrons. The number of aliphatic hydroxyl groups is 1. The molecule has 1 aromatic rings. The molecule has 0 bridgehead atoms. The van der Waals surface area contributed by atoms with E-state index < -0.39 is 6.10 Å². The number of aliphatic hydroxyl groups excluding tert-OH is 1. The molecule has 1 saturated carbocycles. The third kappa shape index (κ3) is 4.67. The van der Waals surface area contributed by atoms with Gasteiger partial charge in [0, 0.05) is 18.8 Å². The molecule has 0 spiro atoms. The average Bonchev–Trinajstić information content (AvgIpc) is 3.21.